The number of aliphatic hydroxyl groups is 1. The van der Waals surface area contributed by atoms with Crippen LogP contribution in [0.2, 0.25) is 0 Å². The largest absolute Gasteiger partial charge is 0.392 e. The summed E-state index contributed by atoms with van der Waals surface area (Å²) >= 11 is 0. The number of β-amino-alcohol motifs (C(OH)–C–C–N with tert-alkyl or cyclic N) is 1. The van der Waals surface area contributed by atoms with Gasteiger partial charge in [0.05, 0.1) is 11.6 Å². The SMILES string of the molecule is CC(=O)N1C[C@H]2C[C@@H](O)CN2C2(C1)CN(C(=O)c1ccccc1)C2. The van der Waals surface area contributed by atoms with Crippen LogP contribution in [0, 0.1) is 0 Å². The highest BCUT2D eigenvalue weighted by molar-refractivity contribution is 5.95. The molecule has 3 heterocycles. The Labute approximate surface area is 141 Å². The molecular weight excluding hydrogens is 306 g/mol. The number of piperazine rings is 1. The number of aliphatic hydroxyl groups excluding tert-OH is 1. The Morgan fingerprint density at radius 1 is 1.08 bits per heavy atom. The average molecular weight is 329 g/mol. The Morgan fingerprint density at radius 3 is 2.42 bits per heavy atom. The molecule has 3 aliphatic rings. The molecule has 3 aliphatic heterocycles. The standard InChI is InChI=1S/C18H23N3O3/c1-13(22)19-8-15-7-16(23)9-21(15)18(10-19)11-20(12-18)17(24)14-5-3-2-4-6-14/h2-6,15-16,23H,7-12H2,1H3/t15-,16-/m1/s1. The van der Waals surface area contributed by atoms with Gasteiger partial charge in [0.2, 0.25) is 5.91 Å². The summed E-state index contributed by atoms with van der Waals surface area (Å²) < 4.78 is 0. The van der Waals surface area contributed by atoms with Crippen molar-refractivity contribution < 1.29 is 14.7 Å². The number of rotatable bonds is 1. The Kier molecular flexibility index (Phi) is 3.62. The van der Waals surface area contributed by atoms with Crippen LogP contribution in [0.5, 0.6) is 0 Å². The van der Waals surface area contributed by atoms with Crippen LogP contribution >= 0.6 is 0 Å². The number of carbonyl (C=O) groups excluding carboxylic acids is 2. The molecule has 0 unspecified atom stereocenters. The van der Waals surface area contributed by atoms with Crippen molar-refractivity contribution in [1.82, 2.24) is 14.7 Å². The minimum atomic E-state index is -0.336. The number of hydrogen-bond donors (Lipinski definition) is 1. The Balaban J connectivity index is 1.52. The normalized spacial score (nSPS) is 28.6. The molecule has 1 spiro atoms. The molecule has 0 bridgehead atoms. The maximum Gasteiger partial charge on any atom is 0.253 e. The zero-order valence-corrected chi connectivity index (χ0v) is 13.9. The van der Waals surface area contributed by atoms with E-state index < -0.39 is 0 Å². The fraction of sp³-hybridized carbons (Fsp3) is 0.556. The van der Waals surface area contributed by atoms with Crippen molar-refractivity contribution >= 4 is 11.8 Å². The summed E-state index contributed by atoms with van der Waals surface area (Å²) in [5.74, 6) is 0.112. The Hall–Kier alpha value is -1.92. The monoisotopic (exact) mass is 329 g/mol. The highest BCUT2D eigenvalue weighted by Gasteiger charge is 2.57. The lowest BCUT2D eigenvalue weighted by Crippen LogP contribution is -2.79. The predicted molar refractivity (Wildman–Crippen MR) is 88.4 cm³/mol. The molecule has 2 amide bonds. The maximum atomic E-state index is 12.6. The van der Waals surface area contributed by atoms with Crippen LogP contribution in [-0.4, -0.2) is 82.0 Å². The summed E-state index contributed by atoms with van der Waals surface area (Å²) in [6.07, 6.45) is 0.371. The van der Waals surface area contributed by atoms with Crippen LogP contribution in [0.15, 0.2) is 30.3 Å². The molecule has 0 radical (unpaired) electrons. The third-order valence-corrected chi connectivity index (χ3v) is 5.64. The summed E-state index contributed by atoms with van der Waals surface area (Å²) in [5, 5.41) is 10.1. The highest BCUT2D eigenvalue weighted by Crippen LogP contribution is 2.39. The number of fused-ring (bicyclic) bond motifs is 2. The Bertz CT molecular complexity index is 657. The minimum absolute atomic E-state index is 0.0393. The van der Waals surface area contributed by atoms with Gasteiger partial charge in [-0.1, -0.05) is 18.2 Å². The number of benzene rings is 1. The van der Waals surface area contributed by atoms with Crippen molar-refractivity contribution in [2.24, 2.45) is 0 Å². The van der Waals surface area contributed by atoms with Crippen LogP contribution < -0.4 is 0 Å². The second-order valence-electron chi connectivity index (χ2n) is 7.35. The van der Waals surface area contributed by atoms with Crippen molar-refractivity contribution in [3.05, 3.63) is 35.9 Å². The molecule has 0 aliphatic carbocycles. The first kappa shape index (κ1) is 15.6. The first-order valence-corrected chi connectivity index (χ1v) is 8.53. The van der Waals surface area contributed by atoms with Crippen LogP contribution in [0.25, 0.3) is 0 Å². The lowest BCUT2D eigenvalue weighted by molar-refractivity contribution is -0.144. The van der Waals surface area contributed by atoms with E-state index in [1.165, 1.54) is 0 Å². The number of likely N-dealkylation sites (tertiary alicyclic amines) is 1. The molecule has 0 saturated carbocycles. The number of hydrogen-bond acceptors (Lipinski definition) is 4. The highest BCUT2D eigenvalue weighted by atomic mass is 16.3. The molecule has 128 valence electrons. The van der Waals surface area contributed by atoms with Crippen LogP contribution in [0.4, 0.5) is 0 Å². The molecule has 1 aromatic carbocycles. The number of carbonyl (C=O) groups is 2. The minimum Gasteiger partial charge on any atom is -0.392 e. The molecule has 2 atom stereocenters. The third kappa shape index (κ3) is 2.41. The van der Waals surface area contributed by atoms with E-state index in [0.717, 1.165) is 0 Å². The summed E-state index contributed by atoms with van der Waals surface area (Å²) in [4.78, 5) is 30.6. The second kappa shape index (κ2) is 5.57. The fourth-order valence-electron chi connectivity index (χ4n) is 4.50. The average Bonchev–Trinajstić information content (AvgIpc) is 2.92. The zero-order chi connectivity index (χ0) is 16.9. The van der Waals surface area contributed by atoms with Gasteiger partial charge in [-0.05, 0) is 18.6 Å². The fourth-order valence-corrected chi connectivity index (χ4v) is 4.50. The van der Waals surface area contributed by atoms with E-state index in [2.05, 4.69) is 4.90 Å². The van der Waals surface area contributed by atoms with Crippen LogP contribution in [-0.2, 0) is 4.79 Å². The van der Waals surface area contributed by atoms with Crippen molar-refractivity contribution in [3.8, 4) is 0 Å². The molecule has 1 aromatic rings. The van der Waals surface area contributed by atoms with E-state index in [4.69, 9.17) is 0 Å². The topological polar surface area (TPSA) is 64.1 Å². The van der Waals surface area contributed by atoms with Crippen LogP contribution in [0.3, 0.4) is 0 Å². The van der Waals surface area contributed by atoms with Gasteiger partial charge in [0.25, 0.3) is 5.91 Å². The number of amides is 2. The van der Waals surface area contributed by atoms with Gasteiger partial charge in [0.15, 0.2) is 0 Å². The van der Waals surface area contributed by atoms with Gasteiger partial charge < -0.3 is 14.9 Å². The molecule has 1 N–H and O–H groups in total. The van der Waals surface area contributed by atoms with Gasteiger partial charge in [-0.3, -0.25) is 14.5 Å². The summed E-state index contributed by atoms with van der Waals surface area (Å²) in [5.41, 5.74) is 0.501. The lowest BCUT2D eigenvalue weighted by Gasteiger charge is -2.60. The molecule has 0 aromatic heterocycles. The van der Waals surface area contributed by atoms with E-state index in [-0.39, 0.29) is 29.5 Å². The van der Waals surface area contributed by atoms with Crippen molar-refractivity contribution in [2.75, 3.05) is 32.7 Å². The summed E-state index contributed by atoms with van der Waals surface area (Å²) in [6, 6.07) is 9.50. The zero-order valence-electron chi connectivity index (χ0n) is 13.9. The molecule has 3 fully saturated rings. The Morgan fingerprint density at radius 2 is 1.75 bits per heavy atom. The van der Waals surface area contributed by atoms with Gasteiger partial charge in [-0.2, -0.15) is 0 Å². The smallest absolute Gasteiger partial charge is 0.253 e. The molecule has 6 nitrogen and oxygen atoms in total. The maximum absolute atomic E-state index is 12.6. The van der Waals surface area contributed by atoms with Crippen LogP contribution in [0.1, 0.15) is 23.7 Å². The lowest BCUT2D eigenvalue weighted by atomic mass is 9.83. The van der Waals surface area contributed by atoms with Gasteiger partial charge in [-0.25, -0.2) is 0 Å². The molecule has 3 saturated heterocycles. The van der Waals surface area contributed by atoms with E-state index >= 15 is 0 Å². The quantitative estimate of drug-likeness (QED) is 0.798. The van der Waals surface area contributed by atoms with Crippen molar-refractivity contribution in [3.63, 3.8) is 0 Å². The first-order valence-electron chi connectivity index (χ1n) is 8.53. The van der Waals surface area contributed by atoms with E-state index in [1.807, 2.05) is 40.1 Å². The van der Waals surface area contributed by atoms with E-state index in [0.29, 0.717) is 44.7 Å². The predicted octanol–water partition coefficient (Wildman–Crippen LogP) is 0.179. The van der Waals surface area contributed by atoms with E-state index in [9.17, 15) is 14.7 Å². The van der Waals surface area contributed by atoms with Gasteiger partial charge in [-0.15, -0.1) is 0 Å². The van der Waals surface area contributed by atoms with E-state index in [1.54, 1.807) is 6.92 Å². The summed E-state index contributed by atoms with van der Waals surface area (Å²) in [7, 11) is 0. The number of nitrogens with zero attached hydrogens (tertiary/aromatic N) is 3. The van der Waals surface area contributed by atoms with Gasteiger partial charge in [0, 0.05) is 51.3 Å². The third-order valence-electron chi connectivity index (χ3n) is 5.64. The molecule has 4 rings (SSSR count). The second-order valence-corrected chi connectivity index (χ2v) is 7.35. The van der Waals surface area contributed by atoms with Crippen molar-refractivity contribution in [1.29, 1.82) is 0 Å². The van der Waals surface area contributed by atoms with Crippen molar-refractivity contribution in [2.45, 2.75) is 31.0 Å². The summed E-state index contributed by atoms with van der Waals surface area (Å²) in [6.45, 7) is 4.80. The molecule has 24 heavy (non-hydrogen) atoms. The van der Waals surface area contributed by atoms with Gasteiger partial charge in [0.1, 0.15) is 0 Å². The first-order chi connectivity index (χ1) is 11.5. The molecule has 6 heteroatoms. The molecular formula is C18H23N3O3. The van der Waals surface area contributed by atoms with Gasteiger partial charge >= 0.3 is 0 Å².